The normalized spacial score (nSPS) is 13.7. The Hall–Kier alpha value is -0.660. The second-order valence-electron chi connectivity index (χ2n) is 9.57. The molecule has 1 amide bonds. The molecular formula is C26H53NO5S. The van der Waals surface area contributed by atoms with Gasteiger partial charge in [0.1, 0.15) is 5.25 Å². The molecule has 0 unspecified atom stereocenters. The van der Waals surface area contributed by atoms with Crippen molar-refractivity contribution in [3.8, 4) is 0 Å². The molecule has 0 spiro atoms. The van der Waals surface area contributed by atoms with Crippen molar-refractivity contribution in [3.63, 3.8) is 0 Å². The summed E-state index contributed by atoms with van der Waals surface area (Å²) in [5.74, 6) is 0.262. The molecule has 0 saturated carbocycles. The van der Waals surface area contributed by atoms with Crippen LogP contribution >= 0.6 is 0 Å². The smallest absolute Gasteiger partial charge is 0.270 e. The van der Waals surface area contributed by atoms with Gasteiger partial charge in [0.15, 0.2) is 0 Å². The van der Waals surface area contributed by atoms with Gasteiger partial charge in [0.2, 0.25) is 5.91 Å². The molecule has 2 N–H and O–H groups in total. The molecule has 0 aromatic carbocycles. The molecule has 0 bridgehead atoms. The molecule has 6 nitrogen and oxygen atoms in total. The third-order valence-corrected chi connectivity index (χ3v) is 7.78. The zero-order valence-corrected chi connectivity index (χ0v) is 22.6. The first-order valence-electron chi connectivity index (χ1n) is 13.7. The lowest BCUT2D eigenvalue weighted by Gasteiger charge is -2.22. The van der Waals surface area contributed by atoms with Crippen LogP contribution in [-0.2, 0) is 14.9 Å². The van der Waals surface area contributed by atoms with Crippen LogP contribution in [0.1, 0.15) is 136 Å². The summed E-state index contributed by atoms with van der Waals surface area (Å²) in [5, 5.41) is 9.30. The Morgan fingerprint density at radius 2 is 1.15 bits per heavy atom. The highest BCUT2D eigenvalue weighted by Gasteiger charge is 2.30. The van der Waals surface area contributed by atoms with E-state index in [1.165, 1.54) is 12.8 Å². The van der Waals surface area contributed by atoms with E-state index in [0.29, 0.717) is 25.7 Å². The maximum atomic E-state index is 12.5. The van der Waals surface area contributed by atoms with Crippen LogP contribution in [0.3, 0.4) is 0 Å². The van der Waals surface area contributed by atoms with E-state index >= 15 is 0 Å². The van der Waals surface area contributed by atoms with Gasteiger partial charge in [0, 0.05) is 19.5 Å². The van der Waals surface area contributed by atoms with Crippen LogP contribution in [0.5, 0.6) is 0 Å². The van der Waals surface area contributed by atoms with Gasteiger partial charge < -0.3 is 10.0 Å². The van der Waals surface area contributed by atoms with Crippen molar-refractivity contribution in [2.24, 2.45) is 0 Å². The molecule has 0 saturated heterocycles. The third kappa shape index (κ3) is 17.4. The molecule has 2 atom stereocenters. The maximum absolute atomic E-state index is 12.5. The van der Waals surface area contributed by atoms with Gasteiger partial charge in [-0.15, -0.1) is 0 Å². The predicted octanol–water partition coefficient (Wildman–Crippen LogP) is 6.51. The number of hydrogen-bond donors (Lipinski definition) is 2. The lowest BCUT2D eigenvalue weighted by Crippen LogP contribution is -2.33. The van der Waals surface area contributed by atoms with Gasteiger partial charge in [-0.25, -0.2) is 0 Å². The van der Waals surface area contributed by atoms with Gasteiger partial charge in [0.05, 0.1) is 6.10 Å². The fraction of sp³-hybridized carbons (Fsp3) is 0.962. The lowest BCUT2D eigenvalue weighted by atomic mass is 10.0. The standard InChI is InChI=1S/C26H53NO5S/c1-4-7-10-11-14-17-20-25(33(30,31)32)24(28)19-16-13-12-15-18-21-26(29)27(22-8-5-2)23-9-6-3/h24-25,28H,4-23H2,1-3H3,(H,30,31,32)/t24-,25+/m1/s1. The lowest BCUT2D eigenvalue weighted by molar-refractivity contribution is -0.131. The van der Waals surface area contributed by atoms with Crippen LogP contribution in [-0.4, -0.2) is 53.3 Å². The summed E-state index contributed by atoms with van der Waals surface area (Å²) < 4.78 is 33.0. The summed E-state index contributed by atoms with van der Waals surface area (Å²) in [4.78, 5) is 14.5. The van der Waals surface area contributed by atoms with Crippen LogP contribution in [0.15, 0.2) is 0 Å². The third-order valence-electron chi connectivity index (χ3n) is 6.46. The fourth-order valence-corrected chi connectivity index (χ4v) is 5.23. The second kappa shape index (κ2) is 20.7. The van der Waals surface area contributed by atoms with Crippen molar-refractivity contribution < 1.29 is 22.9 Å². The highest BCUT2D eigenvalue weighted by molar-refractivity contribution is 7.86. The number of carbonyl (C=O) groups is 1. The molecule has 0 fully saturated rings. The minimum Gasteiger partial charge on any atom is -0.392 e. The monoisotopic (exact) mass is 491 g/mol. The van der Waals surface area contributed by atoms with Crippen molar-refractivity contribution in [3.05, 3.63) is 0 Å². The minimum absolute atomic E-state index is 0.262. The number of amides is 1. The van der Waals surface area contributed by atoms with Crippen molar-refractivity contribution in [2.75, 3.05) is 13.1 Å². The summed E-state index contributed by atoms with van der Waals surface area (Å²) >= 11 is 0. The molecule has 0 heterocycles. The fourth-order valence-electron chi connectivity index (χ4n) is 4.23. The topological polar surface area (TPSA) is 94.9 Å². The van der Waals surface area contributed by atoms with Crippen molar-refractivity contribution in [1.29, 1.82) is 0 Å². The van der Waals surface area contributed by atoms with Gasteiger partial charge in [0.25, 0.3) is 10.1 Å². The molecule has 7 heteroatoms. The molecule has 0 aromatic heterocycles. The van der Waals surface area contributed by atoms with E-state index in [-0.39, 0.29) is 5.91 Å². The Labute approximate surface area is 204 Å². The molecule has 0 rings (SSSR count). The average molecular weight is 492 g/mol. The first kappa shape index (κ1) is 32.3. The highest BCUT2D eigenvalue weighted by Crippen LogP contribution is 2.20. The molecule has 0 aliphatic heterocycles. The first-order chi connectivity index (χ1) is 15.8. The first-order valence-corrected chi connectivity index (χ1v) is 15.2. The molecule has 0 aromatic rings. The Morgan fingerprint density at radius 1 is 0.697 bits per heavy atom. The Morgan fingerprint density at radius 3 is 1.67 bits per heavy atom. The highest BCUT2D eigenvalue weighted by atomic mass is 32.2. The summed E-state index contributed by atoms with van der Waals surface area (Å²) in [6.45, 7) is 8.17. The molecule has 198 valence electrons. The van der Waals surface area contributed by atoms with E-state index in [9.17, 15) is 22.9 Å². The largest absolute Gasteiger partial charge is 0.392 e. The summed E-state index contributed by atoms with van der Waals surface area (Å²) in [6.07, 6.45) is 15.3. The van der Waals surface area contributed by atoms with Crippen molar-refractivity contribution in [2.45, 2.75) is 148 Å². The van der Waals surface area contributed by atoms with Gasteiger partial charge in [-0.2, -0.15) is 8.42 Å². The number of carbonyl (C=O) groups excluding carboxylic acids is 1. The van der Waals surface area contributed by atoms with Gasteiger partial charge in [-0.05, 0) is 32.1 Å². The number of rotatable bonds is 23. The quantitative estimate of drug-likeness (QED) is 0.125. The van der Waals surface area contributed by atoms with Crippen LogP contribution < -0.4 is 0 Å². The maximum Gasteiger partial charge on any atom is 0.270 e. The van der Waals surface area contributed by atoms with Crippen molar-refractivity contribution in [1.82, 2.24) is 4.90 Å². The van der Waals surface area contributed by atoms with Crippen LogP contribution in [0, 0.1) is 0 Å². The number of unbranched alkanes of at least 4 members (excludes halogenated alkanes) is 11. The molecule has 0 aliphatic rings. The van der Waals surface area contributed by atoms with Crippen LogP contribution in [0.4, 0.5) is 0 Å². The van der Waals surface area contributed by atoms with Crippen LogP contribution in [0.25, 0.3) is 0 Å². The number of aliphatic hydroxyl groups is 1. The van der Waals surface area contributed by atoms with E-state index < -0.39 is 21.5 Å². The molecular weight excluding hydrogens is 438 g/mol. The van der Waals surface area contributed by atoms with Gasteiger partial charge in [-0.1, -0.05) is 97.8 Å². The SMILES string of the molecule is CCCCCCCC[C@@H]([C@H](O)CCCCCCCC(=O)N(CCCC)CCCC)S(=O)(=O)O. The summed E-state index contributed by atoms with van der Waals surface area (Å²) in [5.41, 5.74) is 0. The van der Waals surface area contributed by atoms with E-state index in [1.54, 1.807) is 0 Å². The summed E-state index contributed by atoms with van der Waals surface area (Å²) in [6, 6.07) is 0. The Kier molecular flexibility index (Phi) is 20.3. The van der Waals surface area contributed by atoms with E-state index in [2.05, 4.69) is 20.8 Å². The van der Waals surface area contributed by atoms with Crippen molar-refractivity contribution >= 4 is 16.0 Å². The Balaban J connectivity index is 4.11. The average Bonchev–Trinajstić information content (AvgIpc) is 2.76. The molecule has 0 radical (unpaired) electrons. The Bertz CT molecular complexity index is 559. The second-order valence-corrected chi connectivity index (χ2v) is 11.2. The molecule has 0 aliphatic carbocycles. The van der Waals surface area contributed by atoms with Crippen LogP contribution in [0.2, 0.25) is 0 Å². The zero-order chi connectivity index (χ0) is 25.0. The summed E-state index contributed by atoms with van der Waals surface area (Å²) in [7, 11) is -4.24. The van der Waals surface area contributed by atoms with E-state index in [1.807, 2.05) is 4.90 Å². The zero-order valence-electron chi connectivity index (χ0n) is 21.8. The predicted molar refractivity (Wildman–Crippen MR) is 138 cm³/mol. The molecule has 33 heavy (non-hydrogen) atoms. The van der Waals surface area contributed by atoms with E-state index in [4.69, 9.17) is 0 Å². The number of aliphatic hydroxyl groups excluding tert-OH is 1. The van der Waals surface area contributed by atoms with Gasteiger partial charge in [-0.3, -0.25) is 9.35 Å². The number of hydrogen-bond acceptors (Lipinski definition) is 4. The van der Waals surface area contributed by atoms with Gasteiger partial charge >= 0.3 is 0 Å². The minimum atomic E-state index is -4.24. The van der Waals surface area contributed by atoms with E-state index in [0.717, 1.165) is 90.1 Å². The number of nitrogens with zero attached hydrogens (tertiary/aromatic N) is 1.